The van der Waals surface area contributed by atoms with Gasteiger partial charge in [0.1, 0.15) is 11.5 Å². The van der Waals surface area contributed by atoms with Crippen LogP contribution >= 0.6 is 0 Å². The highest BCUT2D eigenvalue weighted by atomic mass is 19.1. The number of halogens is 1. The lowest BCUT2D eigenvalue weighted by atomic mass is 10.1. The Labute approximate surface area is 139 Å². The molecule has 2 rings (SSSR count). The van der Waals surface area contributed by atoms with Crippen LogP contribution in [0.15, 0.2) is 42.6 Å². The average molecular weight is 328 g/mol. The Kier molecular flexibility index (Phi) is 5.64. The molecule has 1 aromatic heterocycles. The Morgan fingerprint density at radius 1 is 1.21 bits per heavy atom. The number of aliphatic hydroxyl groups is 2. The highest BCUT2D eigenvalue weighted by Gasteiger charge is 2.25. The third-order valence-corrected chi connectivity index (χ3v) is 3.29. The number of nitrogens with zero attached hydrogens (tertiary/aromatic N) is 1. The summed E-state index contributed by atoms with van der Waals surface area (Å²) in [5, 5.41) is 20.9. The second-order valence-electron chi connectivity index (χ2n) is 5.52. The lowest BCUT2D eigenvalue weighted by Crippen LogP contribution is -2.51. The standard InChI is InChI=1S/C18H17FN2O3/c1-18(11-22,12-23)21-17(24)16-8-7-14(10-20-16)6-5-13-3-2-4-15(19)9-13/h2-4,7-10,22-23H,11-12H2,1H3,(H,21,24). The zero-order chi connectivity index (χ0) is 17.6. The molecule has 1 aromatic carbocycles. The summed E-state index contributed by atoms with van der Waals surface area (Å²) in [4.78, 5) is 16.0. The normalized spacial score (nSPS) is 10.7. The van der Waals surface area contributed by atoms with E-state index in [0.717, 1.165) is 0 Å². The van der Waals surface area contributed by atoms with Gasteiger partial charge in [0.2, 0.25) is 0 Å². The highest BCUT2D eigenvalue weighted by molar-refractivity contribution is 5.92. The summed E-state index contributed by atoms with van der Waals surface area (Å²) in [5.41, 5.74) is 0.134. The van der Waals surface area contributed by atoms with Crippen molar-refractivity contribution in [3.63, 3.8) is 0 Å². The monoisotopic (exact) mass is 328 g/mol. The van der Waals surface area contributed by atoms with E-state index in [9.17, 15) is 19.4 Å². The smallest absolute Gasteiger partial charge is 0.270 e. The predicted octanol–water partition coefficient (Wildman–Crippen LogP) is 1.09. The Morgan fingerprint density at radius 2 is 1.92 bits per heavy atom. The molecule has 0 fully saturated rings. The quantitative estimate of drug-likeness (QED) is 0.734. The van der Waals surface area contributed by atoms with Crippen molar-refractivity contribution in [3.8, 4) is 11.8 Å². The average Bonchev–Trinajstić information content (AvgIpc) is 2.60. The van der Waals surface area contributed by atoms with E-state index < -0.39 is 24.7 Å². The van der Waals surface area contributed by atoms with E-state index in [0.29, 0.717) is 11.1 Å². The minimum atomic E-state index is -1.12. The van der Waals surface area contributed by atoms with Gasteiger partial charge in [0.25, 0.3) is 5.91 Å². The highest BCUT2D eigenvalue weighted by Crippen LogP contribution is 2.06. The first-order valence-electron chi connectivity index (χ1n) is 7.24. The third-order valence-electron chi connectivity index (χ3n) is 3.29. The molecule has 1 heterocycles. The summed E-state index contributed by atoms with van der Waals surface area (Å²) in [6, 6.07) is 9.03. The summed E-state index contributed by atoms with van der Waals surface area (Å²) in [7, 11) is 0. The number of aromatic nitrogens is 1. The van der Waals surface area contributed by atoms with Crippen molar-refractivity contribution in [1.29, 1.82) is 0 Å². The summed E-state index contributed by atoms with van der Waals surface area (Å²) < 4.78 is 13.1. The van der Waals surface area contributed by atoms with E-state index in [1.165, 1.54) is 31.3 Å². The number of hydrogen-bond acceptors (Lipinski definition) is 4. The number of carbonyl (C=O) groups excluding carboxylic acids is 1. The predicted molar refractivity (Wildman–Crippen MR) is 86.7 cm³/mol. The van der Waals surface area contributed by atoms with Crippen molar-refractivity contribution in [1.82, 2.24) is 10.3 Å². The maximum absolute atomic E-state index is 13.1. The van der Waals surface area contributed by atoms with Gasteiger partial charge in [-0.25, -0.2) is 9.37 Å². The van der Waals surface area contributed by atoms with Crippen LogP contribution in [0.25, 0.3) is 0 Å². The van der Waals surface area contributed by atoms with Gasteiger partial charge in [-0.15, -0.1) is 0 Å². The van der Waals surface area contributed by atoms with E-state index in [1.807, 2.05) is 0 Å². The number of amides is 1. The number of aliphatic hydroxyl groups excluding tert-OH is 2. The molecule has 0 unspecified atom stereocenters. The second kappa shape index (κ2) is 7.68. The van der Waals surface area contributed by atoms with Gasteiger partial charge in [0.05, 0.1) is 18.8 Å². The van der Waals surface area contributed by atoms with Crippen LogP contribution in [0.4, 0.5) is 4.39 Å². The molecular weight excluding hydrogens is 311 g/mol. The first-order valence-corrected chi connectivity index (χ1v) is 7.24. The molecule has 3 N–H and O–H groups in total. The van der Waals surface area contributed by atoms with Crippen LogP contribution in [0.3, 0.4) is 0 Å². The van der Waals surface area contributed by atoms with Gasteiger partial charge < -0.3 is 15.5 Å². The Hall–Kier alpha value is -2.75. The van der Waals surface area contributed by atoms with Crippen molar-refractivity contribution in [2.24, 2.45) is 0 Å². The zero-order valence-corrected chi connectivity index (χ0v) is 13.1. The van der Waals surface area contributed by atoms with Crippen LogP contribution in [0.2, 0.25) is 0 Å². The second-order valence-corrected chi connectivity index (χ2v) is 5.52. The fraction of sp³-hybridized carbons (Fsp3) is 0.222. The number of rotatable bonds is 4. The van der Waals surface area contributed by atoms with Crippen molar-refractivity contribution >= 4 is 5.91 Å². The van der Waals surface area contributed by atoms with Gasteiger partial charge in [-0.2, -0.15) is 0 Å². The van der Waals surface area contributed by atoms with Crippen LogP contribution in [0.5, 0.6) is 0 Å². The van der Waals surface area contributed by atoms with Gasteiger partial charge in [-0.1, -0.05) is 17.9 Å². The van der Waals surface area contributed by atoms with Crippen LogP contribution in [-0.2, 0) is 0 Å². The fourth-order valence-corrected chi connectivity index (χ4v) is 1.78. The lowest BCUT2D eigenvalue weighted by molar-refractivity contribution is 0.0719. The van der Waals surface area contributed by atoms with E-state index in [1.54, 1.807) is 18.2 Å². The van der Waals surface area contributed by atoms with E-state index >= 15 is 0 Å². The van der Waals surface area contributed by atoms with Gasteiger partial charge >= 0.3 is 0 Å². The molecule has 5 nitrogen and oxygen atoms in total. The molecule has 124 valence electrons. The summed E-state index contributed by atoms with van der Waals surface area (Å²) in [6.07, 6.45) is 1.43. The lowest BCUT2D eigenvalue weighted by Gasteiger charge is -2.25. The minimum Gasteiger partial charge on any atom is -0.394 e. The summed E-state index contributed by atoms with van der Waals surface area (Å²) in [6.45, 7) is 0.725. The van der Waals surface area contributed by atoms with Crippen LogP contribution < -0.4 is 5.32 Å². The molecular formula is C18H17FN2O3. The van der Waals surface area contributed by atoms with Crippen LogP contribution in [0.1, 0.15) is 28.5 Å². The Morgan fingerprint density at radius 3 is 2.50 bits per heavy atom. The van der Waals surface area contributed by atoms with Crippen LogP contribution in [-0.4, -0.2) is 39.9 Å². The molecule has 0 saturated carbocycles. The maximum atomic E-state index is 13.1. The van der Waals surface area contributed by atoms with Crippen LogP contribution in [0, 0.1) is 17.7 Å². The molecule has 0 radical (unpaired) electrons. The number of benzene rings is 1. The van der Waals surface area contributed by atoms with E-state index in [2.05, 4.69) is 22.1 Å². The van der Waals surface area contributed by atoms with E-state index in [4.69, 9.17) is 0 Å². The number of nitrogens with one attached hydrogen (secondary N) is 1. The van der Waals surface area contributed by atoms with Crippen molar-refractivity contribution < 1.29 is 19.4 Å². The third kappa shape index (κ3) is 4.62. The number of carbonyl (C=O) groups is 1. The number of pyridine rings is 1. The first kappa shape index (κ1) is 17.6. The molecule has 0 bridgehead atoms. The van der Waals surface area contributed by atoms with Crippen molar-refractivity contribution in [3.05, 3.63) is 65.2 Å². The fourth-order valence-electron chi connectivity index (χ4n) is 1.78. The molecule has 1 amide bonds. The maximum Gasteiger partial charge on any atom is 0.270 e. The van der Waals surface area contributed by atoms with Crippen molar-refractivity contribution in [2.45, 2.75) is 12.5 Å². The van der Waals surface area contributed by atoms with E-state index in [-0.39, 0.29) is 11.5 Å². The SMILES string of the molecule is CC(CO)(CO)NC(=O)c1ccc(C#Cc2cccc(F)c2)cn1. The van der Waals surface area contributed by atoms with Gasteiger partial charge in [-0.05, 0) is 37.3 Å². The Balaban J connectivity index is 2.10. The molecule has 0 spiro atoms. The molecule has 0 atom stereocenters. The van der Waals surface area contributed by atoms with Gasteiger partial charge in [-0.3, -0.25) is 4.79 Å². The van der Waals surface area contributed by atoms with Crippen molar-refractivity contribution in [2.75, 3.05) is 13.2 Å². The first-order chi connectivity index (χ1) is 11.5. The summed E-state index contributed by atoms with van der Waals surface area (Å²) in [5.74, 6) is 4.78. The van der Waals surface area contributed by atoms with Gasteiger partial charge in [0, 0.05) is 17.3 Å². The molecule has 6 heteroatoms. The molecule has 2 aromatic rings. The molecule has 24 heavy (non-hydrogen) atoms. The van der Waals surface area contributed by atoms with Gasteiger partial charge in [0.15, 0.2) is 0 Å². The number of hydrogen-bond donors (Lipinski definition) is 3. The topological polar surface area (TPSA) is 82.5 Å². The minimum absolute atomic E-state index is 0.138. The largest absolute Gasteiger partial charge is 0.394 e. The Bertz CT molecular complexity index is 775. The molecule has 0 aliphatic heterocycles. The molecule has 0 aliphatic carbocycles. The molecule has 0 aliphatic rings. The molecule has 0 saturated heterocycles. The zero-order valence-electron chi connectivity index (χ0n) is 13.1. The summed E-state index contributed by atoms with van der Waals surface area (Å²) >= 11 is 0.